The molecule has 0 radical (unpaired) electrons. The maximum atomic E-state index is 5.58. The Morgan fingerprint density at radius 3 is 0.871 bits per heavy atom. The van der Waals surface area contributed by atoms with Gasteiger partial charge in [0.2, 0.25) is 0 Å². The number of hydrogen-bond donors (Lipinski definition) is 0. The molecular formula is C24H17Cl7. The van der Waals surface area contributed by atoms with Gasteiger partial charge in [-0.05, 0) is 66.7 Å². The predicted molar refractivity (Wildman–Crippen MR) is 141 cm³/mol. The fraction of sp³-hybridized carbons (Fsp3) is 0. The van der Waals surface area contributed by atoms with E-state index in [-0.39, 0.29) is 0 Å². The molecule has 0 bridgehead atoms. The minimum Gasteiger partial charge on any atom is -0.0843 e. The van der Waals surface area contributed by atoms with Crippen LogP contribution in [0, 0.1) is 0 Å². The van der Waals surface area contributed by atoms with Crippen LogP contribution in [0.5, 0.6) is 0 Å². The number of rotatable bonds is 0. The van der Waals surface area contributed by atoms with E-state index >= 15 is 0 Å². The highest BCUT2D eigenvalue weighted by Gasteiger charge is 1.89. The molecule has 0 nitrogen and oxygen atoms in total. The van der Waals surface area contributed by atoms with Crippen LogP contribution in [0.25, 0.3) is 0 Å². The molecule has 0 aliphatic heterocycles. The molecule has 0 N–H and O–H groups in total. The fourth-order valence-corrected chi connectivity index (χ4v) is 2.85. The molecule has 0 saturated carbocycles. The van der Waals surface area contributed by atoms with E-state index in [0.29, 0.717) is 20.1 Å². The van der Waals surface area contributed by atoms with Crippen molar-refractivity contribution in [3.63, 3.8) is 0 Å². The zero-order chi connectivity index (χ0) is 23.1. The maximum Gasteiger partial charge on any atom is 0.0592 e. The first-order valence-electron chi connectivity index (χ1n) is 8.70. The first-order valence-corrected chi connectivity index (χ1v) is 11.3. The SMILES string of the molecule is Clc1ccc(Cl)cc1.Clc1cccc(Cl)c1.Clc1ccccc1.Clc1ccccc1Cl. The van der Waals surface area contributed by atoms with Gasteiger partial charge < -0.3 is 0 Å². The van der Waals surface area contributed by atoms with E-state index in [1.807, 2.05) is 48.5 Å². The van der Waals surface area contributed by atoms with Gasteiger partial charge in [0.25, 0.3) is 0 Å². The Kier molecular flexibility index (Phi) is 14.9. The monoisotopic (exact) mass is 550 g/mol. The summed E-state index contributed by atoms with van der Waals surface area (Å²) < 4.78 is 0. The van der Waals surface area contributed by atoms with Crippen molar-refractivity contribution in [2.75, 3.05) is 0 Å². The standard InChI is InChI=1S/3C6H4Cl2.C6H5Cl/c7-5-1-2-6(8)4-3-5;7-5-2-1-3-6(8)4-5;7-5-3-1-2-4-6(5)8;7-6-4-2-1-3-5-6/h3*1-4H;1-5H. The van der Waals surface area contributed by atoms with Gasteiger partial charge in [0.1, 0.15) is 0 Å². The molecule has 0 aromatic heterocycles. The molecule has 0 spiro atoms. The van der Waals surface area contributed by atoms with E-state index in [1.54, 1.807) is 54.6 Å². The van der Waals surface area contributed by atoms with Crippen LogP contribution in [0.2, 0.25) is 35.2 Å². The van der Waals surface area contributed by atoms with Crippen molar-refractivity contribution >= 4 is 81.2 Å². The summed E-state index contributed by atoms with van der Waals surface area (Å²) in [5.41, 5.74) is 0. The van der Waals surface area contributed by atoms with E-state index in [4.69, 9.17) is 81.2 Å². The largest absolute Gasteiger partial charge is 0.0843 e. The van der Waals surface area contributed by atoms with Crippen LogP contribution in [0.1, 0.15) is 0 Å². The topological polar surface area (TPSA) is 0 Å². The van der Waals surface area contributed by atoms with Gasteiger partial charge in [-0.3, -0.25) is 0 Å². The molecule has 0 aliphatic rings. The highest BCUT2D eigenvalue weighted by molar-refractivity contribution is 6.41. The zero-order valence-electron chi connectivity index (χ0n) is 16.0. The smallest absolute Gasteiger partial charge is 0.0592 e. The summed E-state index contributed by atoms with van der Waals surface area (Å²) in [5.74, 6) is 0. The van der Waals surface area contributed by atoms with Gasteiger partial charge in [-0.1, -0.05) is 118 Å². The average molecular weight is 554 g/mol. The summed E-state index contributed by atoms with van der Waals surface area (Å²) in [5, 5.41) is 4.80. The molecule has 0 unspecified atom stereocenters. The minimum absolute atomic E-state index is 0.606. The van der Waals surface area contributed by atoms with Crippen LogP contribution in [0.15, 0.2) is 103 Å². The van der Waals surface area contributed by atoms with Crippen molar-refractivity contribution in [3.8, 4) is 0 Å². The molecule has 0 heterocycles. The highest BCUT2D eigenvalue weighted by Crippen LogP contribution is 2.19. The summed E-state index contributed by atoms with van der Waals surface area (Å²) in [6.45, 7) is 0. The second-order valence-corrected chi connectivity index (χ2v) is 8.58. The van der Waals surface area contributed by atoms with Crippen LogP contribution in [-0.4, -0.2) is 0 Å². The molecule has 31 heavy (non-hydrogen) atoms. The summed E-state index contributed by atoms with van der Waals surface area (Å²) in [4.78, 5) is 0. The Labute approximate surface area is 218 Å². The van der Waals surface area contributed by atoms with Crippen LogP contribution in [0.3, 0.4) is 0 Å². The molecule has 0 atom stereocenters. The third-order valence-electron chi connectivity index (χ3n) is 3.15. The van der Waals surface area contributed by atoms with E-state index in [1.165, 1.54) is 0 Å². The second-order valence-electron chi connectivity index (χ2n) is 5.59. The summed E-state index contributed by atoms with van der Waals surface area (Å²) >= 11 is 38.9. The fourth-order valence-electron chi connectivity index (χ4n) is 1.74. The van der Waals surface area contributed by atoms with E-state index in [0.717, 1.165) is 15.1 Å². The zero-order valence-corrected chi connectivity index (χ0v) is 21.3. The first-order chi connectivity index (χ1) is 14.8. The summed E-state index contributed by atoms with van der Waals surface area (Å²) in [6, 6.07) is 30.7. The lowest BCUT2D eigenvalue weighted by atomic mass is 10.4. The van der Waals surface area contributed by atoms with E-state index in [9.17, 15) is 0 Å². The first kappa shape index (κ1) is 27.9. The van der Waals surface area contributed by atoms with Gasteiger partial charge in [0.05, 0.1) is 10.0 Å². The molecule has 0 aliphatic carbocycles. The van der Waals surface area contributed by atoms with Gasteiger partial charge in [0.15, 0.2) is 0 Å². The predicted octanol–water partition coefficient (Wildman–Crippen LogP) is 11.3. The quantitative estimate of drug-likeness (QED) is 0.203. The molecule has 0 saturated heterocycles. The summed E-state index contributed by atoms with van der Waals surface area (Å²) in [6.07, 6.45) is 0. The highest BCUT2D eigenvalue weighted by atomic mass is 35.5. The molecule has 7 heteroatoms. The summed E-state index contributed by atoms with van der Waals surface area (Å²) in [7, 11) is 0. The minimum atomic E-state index is 0.606. The Hall–Kier alpha value is -1.09. The van der Waals surface area contributed by atoms with E-state index in [2.05, 4.69) is 0 Å². The van der Waals surface area contributed by atoms with Crippen LogP contribution in [0.4, 0.5) is 0 Å². The Bertz CT molecular complexity index is 944. The van der Waals surface area contributed by atoms with Gasteiger partial charge in [-0.2, -0.15) is 0 Å². The molecule has 0 amide bonds. The van der Waals surface area contributed by atoms with Crippen LogP contribution in [-0.2, 0) is 0 Å². The Morgan fingerprint density at radius 1 is 0.290 bits per heavy atom. The Balaban J connectivity index is 0.000000207. The normalized spacial score (nSPS) is 9.13. The van der Waals surface area contributed by atoms with Crippen molar-refractivity contribution in [1.29, 1.82) is 0 Å². The second kappa shape index (κ2) is 16.5. The van der Waals surface area contributed by atoms with Gasteiger partial charge in [-0.25, -0.2) is 0 Å². The van der Waals surface area contributed by atoms with Crippen molar-refractivity contribution < 1.29 is 0 Å². The third-order valence-corrected chi connectivity index (χ3v) is 5.13. The lowest BCUT2D eigenvalue weighted by Crippen LogP contribution is -1.62. The van der Waals surface area contributed by atoms with Crippen LogP contribution >= 0.6 is 81.2 Å². The van der Waals surface area contributed by atoms with Crippen molar-refractivity contribution in [2.24, 2.45) is 0 Å². The molecular weight excluding hydrogens is 536 g/mol. The van der Waals surface area contributed by atoms with Gasteiger partial charge >= 0.3 is 0 Å². The number of hydrogen-bond acceptors (Lipinski definition) is 0. The molecule has 162 valence electrons. The lowest BCUT2D eigenvalue weighted by Gasteiger charge is -1.88. The van der Waals surface area contributed by atoms with Crippen molar-refractivity contribution in [2.45, 2.75) is 0 Å². The third kappa shape index (κ3) is 14.6. The molecule has 4 rings (SSSR count). The number of halogens is 7. The van der Waals surface area contributed by atoms with E-state index < -0.39 is 0 Å². The number of benzene rings is 4. The van der Waals surface area contributed by atoms with Crippen molar-refractivity contribution in [1.82, 2.24) is 0 Å². The molecule has 0 fully saturated rings. The molecule has 4 aromatic rings. The van der Waals surface area contributed by atoms with Crippen LogP contribution < -0.4 is 0 Å². The van der Waals surface area contributed by atoms with Gasteiger partial charge in [0, 0.05) is 25.1 Å². The average Bonchev–Trinajstić information content (AvgIpc) is 2.74. The Morgan fingerprint density at radius 2 is 0.613 bits per heavy atom. The van der Waals surface area contributed by atoms with Crippen molar-refractivity contribution in [3.05, 3.63) is 138 Å². The lowest BCUT2D eigenvalue weighted by molar-refractivity contribution is 1.71. The molecule has 4 aromatic carbocycles. The maximum absolute atomic E-state index is 5.58. The van der Waals surface area contributed by atoms with Gasteiger partial charge in [-0.15, -0.1) is 0 Å².